The van der Waals surface area contributed by atoms with Gasteiger partial charge in [-0.3, -0.25) is 14.5 Å². The number of benzene rings is 2. The first-order valence-corrected chi connectivity index (χ1v) is 14.5. The predicted octanol–water partition coefficient (Wildman–Crippen LogP) is 5.43. The number of carbonyl (C=O) groups excluding carboxylic acids is 2. The van der Waals surface area contributed by atoms with Gasteiger partial charge in [0.15, 0.2) is 0 Å². The third-order valence-electron chi connectivity index (χ3n) is 6.88. The smallest absolute Gasteiger partial charge is 0.240 e. The molecule has 2 aromatic carbocycles. The highest BCUT2D eigenvalue weighted by Gasteiger charge is 2.40. The minimum Gasteiger partial charge on any atom is -0.376 e. The van der Waals surface area contributed by atoms with Crippen molar-refractivity contribution >= 4 is 41.0 Å². The Balaban J connectivity index is 1.65. The van der Waals surface area contributed by atoms with Crippen LogP contribution in [0.25, 0.3) is 5.69 Å². The second-order valence-electron chi connectivity index (χ2n) is 10.9. The Labute approximate surface area is 237 Å². The molecular formula is C29H32ClFN4O3S. The number of hydrogen-bond acceptors (Lipinski definition) is 5. The number of fused-ring (bicyclic) bond motifs is 1. The van der Waals surface area contributed by atoms with Gasteiger partial charge in [-0.15, -0.1) is 11.8 Å². The Morgan fingerprint density at radius 2 is 2.00 bits per heavy atom. The van der Waals surface area contributed by atoms with Gasteiger partial charge in [-0.05, 0) is 48.7 Å². The molecular weight excluding hydrogens is 539 g/mol. The second-order valence-corrected chi connectivity index (χ2v) is 12.4. The number of anilines is 1. The molecule has 0 radical (unpaired) electrons. The fourth-order valence-corrected chi connectivity index (χ4v) is 6.38. The molecule has 3 aromatic rings. The van der Waals surface area contributed by atoms with Gasteiger partial charge in [0.2, 0.25) is 11.8 Å². The van der Waals surface area contributed by atoms with Gasteiger partial charge >= 0.3 is 0 Å². The van der Waals surface area contributed by atoms with Crippen molar-refractivity contribution in [1.29, 1.82) is 0 Å². The number of nitrogens with one attached hydrogen (secondary N) is 1. The summed E-state index contributed by atoms with van der Waals surface area (Å²) in [4.78, 5) is 28.4. The first-order chi connectivity index (χ1) is 18.6. The number of amides is 2. The molecule has 0 bridgehead atoms. The lowest BCUT2D eigenvalue weighted by molar-refractivity contribution is -0.123. The molecule has 2 amide bonds. The molecule has 7 nitrogen and oxygen atoms in total. The third kappa shape index (κ3) is 6.00. The van der Waals surface area contributed by atoms with Crippen molar-refractivity contribution in [3.8, 4) is 5.69 Å². The Hall–Kier alpha value is -2.88. The Kier molecular flexibility index (Phi) is 8.03. The van der Waals surface area contributed by atoms with Crippen LogP contribution in [0.4, 0.5) is 10.2 Å². The molecule has 2 aliphatic heterocycles. The average molecular weight is 571 g/mol. The molecule has 1 N–H and O–H groups in total. The van der Waals surface area contributed by atoms with E-state index in [0.29, 0.717) is 29.7 Å². The standard InChI is InChI=1S/C29H32ClFN4O3S/c1-29(2,3)27-25-26(18-9-11-20(31)12-10-18)39-17-24(37)34(16-23(36)32-15-22-8-5-13-38-22)28(25)35(33-27)21-7-4-6-19(30)14-21/h4,6-7,9-12,14,22,26H,5,8,13,15-17H2,1-3H3,(H,32,36). The van der Waals surface area contributed by atoms with Crippen LogP contribution in [0.5, 0.6) is 0 Å². The van der Waals surface area contributed by atoms with Crippen molar-refractivity contribution in [2.45, 2.75) is 50.4 Å². The van der Waals surface area contributed by atoms with E-state index in [9.17, 15) is 14.0 Å². The highest BCUT2D eigenvalue weighted by molar-refractivity contribution is 8.00. The fourth-order valence-electron chi connectivity index (χ4n) is 4.99. The lowest BCUT2D eigenvalue weighted by Crippen LogP contribution is -2.44. The number of hydrogen-bond donors (Lipinski definition) is 1. The minimum atomic E-state index is -0.395. The second kappa shape index (κ2) is 11.3. The summed E-state index contributed by atoms with van der Waals surface area (Å²) in [5.74, 6) is -0.134. The number of thioether (sulfide) groups is 1. The van der Waals surface area contributed by atoms with Gasteiger partial charge in [0.05, 0.1) is 28.5 Å². The van der Waals surface area contributed by atoms with Crippen molar-refractivity contribution in [1.82, 2.24) is 15.1 Å². The van der Waals surface area contributed by atoms with Gasteiger partial charge in [0.25, 0.3) is 0 Å². The van der Waals surface area contributed by atoms with Crippen LogP contribution in [0.2, 0.25) is 5.02 Å². The van der Waals surface area contributed by atoms with Crippen LogP contribution in [-0.4, -0.2) is 53.1 Å². The lowest BCUT2D eigenvalue weighted by atomic mass is 9.87. The van der Waals surface area contributed by atoms with E-state index in [1.165, 1.54) is 28.8 Å². The Bertz CT molecular complexity index is 1370. The quantitative estimate of drug-likeness (QED) is 0.428. The SMILES string of the molecule is CC(C)(C)c1nn(-c2cccc(Cl)c2)c2c1C(c1ccc(F)cc1)SCC(=O)N2CC(=O)NCC1CCCO1. The average Bonchev–Trinajstić information content (AvgIpc) is 3.53. The van der Waals surface area contributed by atoms with Crippen LogP contribution in [0.15, 0.2) is 48.5 Å². The van der Waals surface area contributed by atoms with Crippen molar-refractivity contribution in [2.75, 3.05) is 30.3 Å². The molecule has 10 heteroatoms. The van der Waals surface area contributed by atoms with E-state index in [4.69, 9.17) is 21.4 Å². The first kappa shape index (κ1) is 27.7. The van der Waals surface area contributed by atoms with Gasteiger partial charge < -0.3 is 10.1 Å². The third-order valence-corrected chi connectivity index (χ3v) is 8.37. The topological polar surface area (TPSA) is 76.5 Å². The number of ether oxygens (including phenoxy) is 1. The molecule has 1 saturated heterocycles. The van der Waals surface area contributed by atoms with Crippen molar-refractivity contribution in [3.05, 3.63) is 76.2 Å². The van der Waals surface area contributed by atoms with Gasteiger partial charge in [-0.25, -0.2) is 9.07 Å². The normalized spacial score (nSPS) is 19.6. The van der Waals surface area contributed by atoms with Gasteiger partial charge in [0, 0.05) is 29.2 Å². The zero-order chi connectivity index (χ0) is 27.7. The van der Waals surface area contributed by atoms with Crippen LogP contribution < -0.4 is 10.2 Å². The summed E-state index contributed by atoms with van der Waals surface area (Å²) in [5, 5.41) is 8.20. The van der Waals surface area contributed by atoms with Crippen molar-refractivity contribution in [2.24, 2.45) is 0 Å². The van der Waals surface area contributed by atoms with E-state index in [1.54, 1.807) is 28.9 Å². The summed E-state index contributed by atoms with van der Waals surface area (Å²) >= 11 is 7.82. The molecule has 3 heterocycles. The van der Waals surface area contributed by atoms with Crippen LogP contribution >= 0.6 is 23.4 Å². The first-order valence-electron chi connectivity index (χ1n) is 13.1. The molecule has 206 valence electrons. The molecule has 0 saturated carbocycles. The van der Waals surface area contributed by atoms with E-state index in [0.717, 1.165) is 29.7 Å². The van der Waals surface area contributed by atoms with E-state index in [-0.39, 0.29) is 41.3 Å². The van der Waals surface area contributed by atoms with Gasteiger partial charge in [-0.1, -0.05) is 50.6 Å². The molecule has 2 unspecified atom stereocenters. The van der Waals surface area contributed by atoms with Crippen molar-refractivity contribution in [3.63, 3.8) is 0 Å². The molecule has 2 aliphatic rings. The zero-order valence-corrected chi connectivity index (χ0v) is 23.8. The number of halogens is 2. The number of rotatable bonds is 6. The summed E-state index contributed by atoms with van der Waals surface area (Å²) < 4.78 is 21.2. The van der Waals surface area contributed by atoms with E-state index < -0.39 is 5.41 Å². The monoisotopic (exact) mass is 570 g/mol. The number of nitrogens with zero attached hydrogens (tertiary/aromatic N) is 3. The highest BCUT2D eigenvalue weighted by Crippen LogP contribution is 2.48. The molecule has 39 heavy (non-hydrogen) atoms. The molecule has 0 aliphatic carbocycles. The maximum absolute atomic E-state index is 13.9. The van der Waals surface area contributed by atoms with Crippen molar-refractivity contribution < 1.29 is 18.7 Å². The van der Waals surface area contributed by atoms with Crippen LogP contribution in [0.3, 0.4) is 0 Å². The van der Waals surface area contributed by atoms with E-state index >= 15 is 0 Å². The molecule has 1 fully saturated rings. The molecule has 0 spiro atoms. The highest BCUT2D eigenvalue weighted by atomic mass is 35.5. The predicted molar refractivity (Wildman–Crippen MR) is 152 cm³/mol. The molecule has 2 atom stereocenters. The zero-order valence-electron chi connectivity index (χ0n) is 22.2. The van der Waals surface area contributed by atoms with E-state index in [1.807, 2.05) is 12.1 Å². The Morgan fingerprint density at radius 3 is 2.67 bits per heavy atom. The van der Waals surface area contributed by atoms with E-state index in [2.05, 4.69) is 26.1 Å². The van der Waals surface area contributed by atoms with Crippen LogP contribution in [0, 0.1) is 5.82 Å². The fraction of sp³-hybridized carbons (Fsp3) is 0.414. The Morgan fingerprint density at radius 1 is 1.23 bits per heavy atom. The van der Waals surface area contributed by atoms with Gasteiger partial charge in [-0.2, -0.15) is 5.10 Å². The number of aromatic nitrogens is 2. The van der Waals surface area contributed by atoms with Crippen LogP contribution in [-0.2, 0) is 19.7 Å². The summed E-state index contributed by atoms with van der Waals surface area (Å²) in [6.07, 6.45) is 1.87. The summed E-state index contributed by atoms with van der Waals surface area (Å²) in [7, 11) is 0. The largest absolute Gasteiger partial charge is 0.376 e. The lowest BCUT2D eigenvalue weighted by Gasteiger charge is -2.25. The maximum Gasteiger partial charge on any atom is 0.240 e. The van der Waals surface area contributed by atoms with Crippen LogP contribution in [0.1, 0.15) is 55.7 Å². The summed E-state index contributed by atoms with van der Waals surface area (Å²) in [6, 6.07) is 13.6. The minimum absolute atomic E-state index is 0.00719. The molecule has 5 rings (SSSR count). The number of carbonyl (C=O) groups is 2. The molecule has 1 aromatic heterocycles. The maximum atomic E-state index is 13.9. The summed E-state index contributed by atoms with van der Waals surface area (Å²) in [6.45, 7) is 7.14. The van der Waals surface area contributed by atoms with Gasteiger partial charge in [0.1, 0.15) is 18.2 Å². The summed E-state index contributed by atoms with van der Waals surface area (Å²) in [5.41, 5.74) is 2.76.